The van der Waals surface area contributed by atoms with Crippen LogP contribution in [0.2, 0.25) is 0 Å². The van der Waals surface area contributed by atoms with Crippen molar-refractivity contribution in [2.45, 2.75) is 25.0 Å². The lowest BCUT2D eigenvalue weighted by atomic mass is 9.90. The summed E-state index contributed by atoms with van der Waals surface area (Å²) in [5.41, 5.74) is 2.71. The maximum Gasteiger partial charge on any atom is 0.232 e. The Balaban J connectivity index is 1.37. The molecular weight excluding hydrogens is 314 g/mol. The summed E-state index contributed by atoms with van der Waals surface area (Å²) in [4.78, 5) is 14.4. The van der Waals surface area contributed by atoms with Gasteiger partial charge in [-0.2, -0.15) is 0 Å². The van der Waals surface area contributed by atoms with Gasteiger partial charge >= 0.3 is 0 Å². The molecule has 2 nitrogen and oxygen atoms in total. The number of carbonyl (C=O) groups excluding carboxylic acids is 1. The Hall–Kier alpha value is -1.74. The molecule has 1 amide bonds. The first-order chi connectivity index (χ1) is 11.8. The highest BCUT2D eigenvalue weighted by Gasteiger charge is 2.22. The summed E-state index contributed by atoms with van der Waals surface area (Å²) >= 11 is 1.72. The van der Waals surface area contributed by atoms with Crippen LogP contribution >= 0.6 is 11.8 Å². The smallest absolute Gasteiger partial charge is 0.232 e. The van der Waals surface area contributed by atoms with Crippen LogP contribution in [0.25, 0.3) is 0 Å². The van der Waals surface area contributed by atoms with Gasteiger partial charge in [0, 0.05) is 18.8 Å². The van der Waals surface area contributed by atoms with E-state index in [4.69, 9.17) is 0 Å². The van der Waals surface area contributed by atoms with Crippen molar-refractivity contribution in [2.75, 3.05) is 18.8 Å². The van der Waals surface area contributed by atoms with Gasteiger partial charge in [-0.25, -0.2) is 0 Å². The lowest BCUT2D eigenvalue weighted by Crippen LogP contribution is -2.39. The number of nitrogens with zero attached hydrogens (tertiary/aromatic N) is 1. The lowest BCUT2D eigenvalue weighted by molar-refractivity contribution is -0.129. The van der Waals surface area contributed by atoms with Gasteiger partial charge in [-0.05, 0) is 36.3 Å². The first kappa shape index (κ1) is 17.1. The van der Waals surface area contributed by atoms with E-state index >= 15 is 0 Å². The molecule has 2 aromatic carbocycles. The molecule has 0 N–H and O–H groups in total. The lowest BCUT2D eigenvalue weighted by Gasteiger charge is -2.32. The Morgan fingerprint density at radius 3 is 2.12 bits per heavy atom. The van der Waals surface area contributed by atoms with Crippen molar-refractivity contribution < 1.29 is 4.79 Å². The quantitative estimate of drug-likeness (QED) is 0.777. The Labute approximate surface area is 149 Å². The number of carbonyl (C=O) groups is 1. The Kier molecular flexibility index (Phi) is 6.36. The van der Waals surface area contributed by atoms with Crippen molar-refractivity contribution in [2.24, 2.45) is 5.92 Å². The van der Waals surface area contributed by atoms with Gasteiger partial charge in [0.1, 0.15) is 0 Å². The van der Waals surface area contributed by atoms with E-state index in [1.54, 1.807) is 11.8 Å². The first-order valence-electron chi connectivity index (χ1n) is 8.74. The van der Waals surface area contributed by atoms with Crippen LogP contribution in [0.3, 0.4) is 0 Å². The summed E-state index contributed by atoms with van der Waals surface area (Å²) < 4.78 is 0. The third-order valence-corrected chi connectivity index (χ3v) is 5.66. The number of piperidine rings is 1. The largest absolute Gasteiger partial charge is 0.342 e. The van der Waals surface area contributed by atoms with Crippen molar-refractivity contribution in [3.8, 4) is 0 Å². The van der Waals surface area contributed by atoms with Crippen LogP contribution < -0.4 is 0 Å². The maximum atomic E-state index is 12.4. The van der Waals surface area contributed by atoms with E-state index in [1.807, 2.05) is 6.07 Å². The predicted molar refractivity (Wildman–Crippen MR) is 102 cm³/mol. The molecule has 1 fully saturated rings. The standard InChI is InChI=1S/C21H25NOS/c23-21(17-24-16-20-9-5-2-6-10-20)22-13-11-19(12-14-22)15-18-7-3-1-4-8-18/h1-10,19H,11-17H2. The van der Waals surface area contributed by atoms with Crippen LogP contribution in [0, 0.1) is 5.92 Å². The monoisotopic (exact) mass is 339 g/mol. The molecule has 2 aromatic rings. The highest BCUT2D eigenvalue weighted by atomic mass is 32.2. The second kappa shape index (κ2) is 8.93. The molecule has 3 rings (SSSR count). The predicted octanol–water partition coefficient (Wildman–Crippen LogP) is 4.40. The summed E-state index contributed by atoms with van der Waals surface area (Å²) in [6, 6.07) is 21.1. The molecule has 3 heteroatoms. The fourth-order valence-electron chi connectivity index (χ4n) is 3.26. The molecule has 0 saturated carbocycles. The molecule has 1 aliphatic heterocycles. The number of likely N-dealkylation sites (tertiary alicyclic amines) is 1. The zero-order valence-electron chi connectivity index (χ0n) is 14.1. The second-order valence-electron chi connectivity index (χ2n) is 6.49. The molecule has 0 unspecified atom stereocenters. The van der Waals surface area contributed by atoms with E-state index in [2.05, 4.69) is 59.5 Å². The fourth-order valence-corrected chi connectivity index (χ4v) is 4.14. The van der Waals surface area contributed by atoms with Gasteiger partial charge in [-0.3, -0.25) is 4.79 Å². The molecule has 1 saturated heterocycles. The van der Waals surface area contributed by atoms with Crippen LogP contribution in [-0.4, -0.2) is 29.6 Å². The number of hydrogen-bond donors (Lipinski definition) is 0. The van der Waals surface area contributed by atoms with E-state index in [1.165, 1.54) is 11.1 Å². The molecule has 24 heavy (non-hydrogen) atoms. The normalized spacial score (nSPS) is 15.4. The third kappa shape index (κ3) is 5.13. The topological polar surface area (TPSA) is 20.3 Å². The van der Waals surface area contributed by atoms with E-state index in [0.29, 0.717) is 17.6 Å². The minimum absolute atomic E-state index is 0.300. The van der Waals surface area contributed by atoms with E-state index in [0.717, 1.165) is 38.1 Å². The average Bonchev–Trinajstić information content (AvgIpc) is 2.64. The summed E-state index contributed by atoms with van der Waals surface area (Å²) in [5, 5.41) is 0. The minimum atomic E-state index is 0.300. The Bertz CT molecular complexity index is 621. The number of thioether (sulfide) groups is 1. The molecule has 0 bridgehead atoms. The zero-order valence-corrected chi connectivity index (χ0v) is 14.9. The van der Waals surface area contributed by atoms with Gasteiger partial charge in [0.15, 0.2) is 0 Å². The van der Waals surface area contributed by atoms with Gasteiger partial charge in [0.2, 0.25) is 5.91 Å². The number of rotatable bonds is 6. The van der Waals surface area contributed by atoms with Crippen LogP contribution in [0.1, 0.15) is 24.0 Å². The first-order valence-corrected chi connectivity index (χ1v) is 9.90. The Morgan fingerprint density at radius 2 is 1.50 bits per heavy atom. The van der Waals surface area contributed by atoms with Crippen molar-refractivity contribution >= 4 is 17.7 Å². The summed E-state index contributed by atoms with van der Waals surface area (Å²) in [6.45, 7) is 1.84. The molecule has 0 aliphatic carbocycles. The zero-order chi connectivity index (χ0) is 16.6. The molecule has 0 radical (unpaired) electrons. The molecule has 0 atom stereocenters. The molecule has 126 valence electrons. The van der Waals surface area contributed by atoms with Crippen LogP contribution in [0.15, 0.2) is 60.7 Å². The highest BCUT2D eigenvalue weighted by Crippen LogP contribution is 2.22. The summed E-state index contributed by atoms with van der Waals surface area (Å²) in [6.07, 6.45) is 3.40. The van der Waals surface area contributed by atoms with Crippen molar-refractivity contribution in [1.82, 2.24) is 4.90 Å². The SMILES string of the molecule is O=C(CSCc1ccccc1)N1CCC(Cc2ccccc2)CC1. The van der Waals surface area contributed by atoms with E-state index in [-0.39, 0.29) is 0 Å². The Morgan fingerprint density at radius 1 is 0.917 bits per heavy atom. The number of hydrogen-bond acceptors (Lipinski definition) is 2. The van der Waals surface area contributed by atoms with Crippen molar-refractivity contribution in [1.29, 1.82) is 0 Å². The fraction of sp³-hybridized carbons (Fsp3) is 0.381. The van der Waals surface area contributed by atoms with Gasteiger partial charge in [-0.1, -0.05) is 60.7 Å². The van der Waals surface area contributed by atoms with E-state index in [9.17, 15) is 4.79 Å². The maximum absolute atomic E-state index is 12.4. The van der Waals surface area contributed by atoms with Crippen LogP contribution in [0.5, 0.6) is 0 Å². The minimum Gasteiger partial charge on any atom is -0.342 e. The van der Waals surface area contributed by atoms with Crippen LogP contribution in [-0.2, 0) is 17.0 Å². The van der Waals surface area contributed by atoms with Crippen molar-refractivity contribution in [3.63, 3.8) is 0 Å². The molecular formula is C21H25NOS. The molecule has 1 heterocycles. The third-order valence-electron chi connectivity index (χ3n) is 4.67. The second-order valence-corrected chi connectivity index (χ2v) is 7.48. The molecule has 0 aromatic heterocycles. The summed E-state index contributed by atoms with van der Waals surface area (Å²) in [7, 11) is 0. The number of amides is 1. The van der Waals surface area contributed by atoms with Gasteiger partial charge in [0.25, 0.3) is 0 Å². The number of benzene rings is 2. The molecule has 0 spiro atoms. The van der Waals surface area contributed by atoms with E-state index < -0.39 is 0 Å². The van der Waals surface area contributed by atoms with Gasteiger partial charge in [-0.15, -0.1) is 11.8 Å². The molecule has 1 aliphatic rings. The van der Waals surface area contributed by atoms with Crippen LogP contribution in [0.4, 0.5) is 0 Å². The van der Waals surface area contributed by atoms with Gasteiger partial charge < -0.3 is 4.90 Å². The van der Waals surface area contributed by atoms with Gasteiger partial charge in [0.05, 0.1) is 5.75 Å². The van der Waals surface area contributed by atoms with Crippen molar-refractivity contribution in [3.05, 3.63) is 71.8 Å². The average molecular weight is 340 g/mol. The highest BCUT2D eigenvalue weighted by molar-refractivity contribution is 7.99. The summed E-state index contributed by atoms with van der Waals surface area (Å²) in [5.74, 6) is 2.53.